The predicted octanol–water partition coefficient (Wildman–Crippen LogP) is 12.0. The van der Waals surface area contributed by atoms with Gasteiger partial charge in [0.15, 0.2) is 0 Å². The summed E-state index contributed by atoms with van der Waals surface area (Å²) in [5.41, 5.74) is 14.5. The highest BCUT2D eigenvalue weighted by atomic mass is 15.0. The lowest BCUT2D eigenvalue weighted by Crippen LogP contribution is -2.28. The first kappa shape index (κ1) is 29.2. The van der Waals surface area contributed by atoms with E-state index in [-0.39, 0.29) is 0 Å². The van der Waals surface area contributed by atoms with Crippen LogP contribution < -0.4 is 5.32 Å². The standard InChI is InChI=1S/C48H33N3/c1-4-14-35(15-5-1)48(36-16-6-2-7-17-36)43-22-12-10-21-41(43)47-44(48)31-39(32-49-47)51-45-23-13-11-20-40(45)42-30-34(26-29-46(42)51)33-24-27-38(28-25-33)50-37-18-8-3-9-19-37/h1-32,50H. The summed E-state index contributed by atoms with van der Waals surface area (Å²) in [7, 11) is 0. The van der Waals surface area contributed by atoms with Gasteiger partial charge in [-0.05, 0) is 81.9 Å². The molecular weight excluding hydrogens is 619 g/mol. The van der Waals surface area contributed by atoms with Crippen molar-refractivity contribution in [1.82, 2.24) is 9.55 Å². The monoisotopic (exact) mass is 651 g/mol. The zero-order valence-corrected chi connectivity index (χ0v) is 27.9. The maximum atomic E-state index is 5.29. The highest BCUT2D eigenvalue weighted by molar-refractivity contribution is 6.10. The Balaban J connectivity index is 1.15. The van der Waals surface area contributed by atoms with Crippen molar-refractivity contribution in [2.24, 2.45) is 0 Å². The molecule has 0 saturated heterocycles. The lowest BCUT2D eigenvalue weighted by molar-refractivity contribution is 0.765. The van der Waals surface area contributed by atoms with Gasteiger partial charge in [0.05, 0.1) is 34.0 Å². The average molecular weight is 652 g/mol. The molecule has 0 radical (unpaired) electrons. The molecule has 7 aromatic carbocycles. The van der Waals surface area contributed by atoms with Crippen LogP contribution in [0.2, 0.25) is 0 Å². The number of rotatable bonds is 6. The lowest BCUT2D eigenvalue weighted by Gasteiger charge is -2.33. The minimum Gasteiger partial charge on any atom is -0.356 e. The molecule has 2 heterocycles. The van der Waals surface area contributed by atoms with E-state index < -0.39 is 5.41 Å². The molecule has 3 heteroatoms. The van der Waals surface area contributed by atoms with E-state index >= 15 is 0 Å². The second kappa shape index (κ2) is 11.7. The Bertz CT molecular complexity index is 2650. The van der Waals surface area contributed by atoms with Gasteiger partial charge in [0.25, 0.3) is 0 Å². The Labute approximate surface area is 297 Å². The average Bonchev–Trinajstić information content (AvgIpc) is 3.69. The van der Waals surface area contributed by atoms with E-state index in [0.29, 0.717) is 0 Å². The van der Waals surface area contributed by atoms with Crippen LogP contribution in [0.3, 0.4) is 0 Å². The van der Waals surface area contributed by atoms with Crippen LogP contribution in [0.15, 0.2) is 194 Å². The molecule has 3 nitrogen and oxygen atoms in total. The van der Waals surface area contributed by atoms with Gasteiger partial charge in [0.2, 0.25) is 0 Å². The van der Waals surface area contributed by atoms with Crippen molar-refractivity contribution in [2.75, 3.05) is 5.32 Å². The molecule has 2 aromatic heterocycles. The highest BCUT2D eigenvalue weighted by Gasteiger charge is 2.47. The number of hydrogen-bond acceptors (Lipinski definition) is 2. The van der Waals surface area contributed by atoms with Gasteiger partial charge in [0, 0.05) is 27.7 Å². The number of nitrogens with zero attached hydrogens (tertiary/aromatic N) is 2. The normalized spacial score (nSPS) is 12.9. The third-order valence-corrected chi connectivity index (χ3v) is 10.5. The first-order valence-electron chi connectivity index (χ1n) is 17.5. The minimum absolute atomic E-state index is 0.509. The molecule has 9 aromatic rings. The molecule has 0 spiro atoms. The fourth-order valence-electron chi connectivity index (χ4n) is 8.27. The van der Waals surface area contributed by atoms with Crippen molar-refractivity contribution in [2.45, 2.75) is 5.41 Å². The molecule has 0 fully saturated rings. The Hall–Kier alpha value is -6.71. The fraction of sp³-hybridized carbons (Fsp3) is 0.0208. The van der Waals surface area contributed by atoms with E-state index in [1.807, 2.05) is 18.2 Å². The second-order valence-corrected chi connectivity index (χ2v) is 13.3. The summed E-state index contributed by atoms with van der Waals surface area (Å²) in [5, 5.41) is 5.94. The van der Waals surface area contributed by atoms with Gasteiger partial charge in [-0.15, -0.1) is 0 Å². The molecule has 10 rings (SSSR count). The van der Waals surface area contributed by atoms with Gasteiger partial charge in [-0.2, -0.15) is 0 Å². The van der Waals surface area contributed by atoms with Crippen LogP contribution in [0, 0.1) is 0 Å². The summed E-state index contributed by atoms with van der Waals surface area (Å²) in [4.78, 5) is 5.29. The topological polar surface area (TPSA) is 29.9 Å². The smallest absolute Gasteiger partial charge is 0.0754 e. The van der Waals surface area contributed by atoms with E-state index in [9.17, 15) is 0 Å². The van der Waals surface area contributed by atoms with Crippen LogP contribution in [0.5, 0.6) is 0 Å². The van der Waals surface area contributed by atoms with Gasteiger partial charge in [-0.1, -0.05) is 140 Å². The Morgan fingerprint density at radius 2 is 1.04 bits per heavy atom. The Morgan fingerprint density at radius 1 is 0.451 bits per heavy atom. The third-order valence-electron chi connectivity index (χ3n) is 10.5. The molecule has 0 aliphatic heterocycles. The van der Waals surface area contributed by atoms with Gasteiger partial charge < -0.3 is 9.88 Å². The van der Waals surface area contributed by atoms with E-state index in [1.165, 1.54) is 49.7 Å². The summed E-state index contributed by atoms with van der Waals surface area (Å²) in [6.45, 7) is 0. The van der Waals surface area contributed by atoms with Crippen LogP contribution in [0.25, 0.3) is 49.9 Å². The summed E-state index contributed by atoms with van der Waals surface area (Å²) in [6.07, 6.45) is 2.06. The van der Waals surface area contributed by atoms with Crippen LogP contribution in [0.1, 0.15) is 22.3 Å². The van der Waals surface area contributed by atoms with Crippen molar-refractivity contribution < 1.29 is 0 Å². The molecule has 240 valence electrons. The summed E-state index contributed by atoms with van der Waals surface area (Å²) in [6, 6.07) is 67.6. The summed E-state index contributed by atoms with van der Waals surface area (Å²) in [5.74, 6) is 0. The summed E-state index contributed by atoms with van der Waals surface area (Å²) < 4.78 is 2.39. The first-order valence-corrected chi connectivity index (χ1v) is 17.5. The Kier molecular flexibility index (Phi) is 6.71. The van der Waals surface area contributed by atoms with Gasteiger partial charge in [0.1, 0.15) is 0 Å². The summed E-state index contributed by atoms with van der Waals surface area (Å²) >= 11 is 0. The van der Waals surface area contributed by atoms with Gasteiger partial charge in [-0.25, -0.2) is 0 Å². The molecule has 0 amide bonds. The lowest BCUT2D eigenvalue weighted by atomic mass is 9.68. The molecular formula is C48H33N3. The molecule has 0 saturated carbocycles. The van der Waals surface area contributed by atoms with Crippen LogP contribution in [-0.2, 0) is 5.41 Å². The van der Waals surface area contributed by atoms with E-state index in [4.69, 9.17) is 4.98 Å². The maximum absolute atomic E-state index is 5.29. The van der Waals surface area contributed by atoms with Gasteiger partial charge >= 0.3 is 0 Å². The molecule has 1 aliphatic carbocycles. The van der Waals surface area contributed by atoms with Crippen molar-refractivity contribution in [1.29, 1.82) is 0 Å². The number of anilines is 2. The largest absolute Gasteiger partial charge is 0.356 e. The van der Waals surface area contributed by atoms with Crippen LogP contribution in [0.4, 0.5) is 11.4 Å². The fourth-order valence-corrected chi connectivity index (χ4v) is 8.27. The number of benzene rings is 7. The molecule has 0 atom stereocenters. The molecule has 1 aliphatic rings. The number of para-hydroxylation sites is 2. The minimum atomic E-state index is -0.509. The predicted molar refractivity (Wildman–Crippen MR) is 211 cm³/mol. The first-order chi connectivity index (χ1) is 25.3. The number of pyridine rings is 1. The number of aromatic nitrogens is 2. The zero-order chi connectivity index (χ0) is 33.8. The van der Waals surface area contributed by atoms with E-state index in [1.54, 1.807) is 0 Å². The zero-order valence-electron chi connectivity index (χ0n) is 27.9. The second-order valence-electron chi connectivity index (χ2n) is 13.3. The van der Waals surface area contributed by atoms with Gasteiger partial charge in [-0.3, -0.25) is 4.98 Å². The molecule has 51 heavy (non-hydrogen) atoms. The van der Waals surface area contributed by atoms with Crippen LogP contribution >= 0.6 is 0 Å². The van der Waals surface area contributed by atoms with Crippen molar-refractivity contribution in [3.63, 3.8) is 0 Å². The third kappa shape index (κ3) is 4.56. The number of hydrogen-bond donors (Lipinski definition) is 1. The highest BCUT2D eigenvalue weighted by Crippen LogP contribution is 2.55. The van der Waals surface area contributed by atoms with Crippen molar-refractivity contribution in [3.8, 4) is 28.1 Å². The van der Waals surface area contributed by atoms with Crippen molar-refractivity contribution in [3.05, 3.63) is 217 Å². The number of nitrogens with one attached hydrogen (secondary N) is 1. The number of fused-ring (bicyclic) bond motifs is 6. The quantitative estimate of drug-likeness (QED) is 0.194. The van der Waals surface area contributed by atoms with E-state index in [0.717, 1.165) is 33.8 Å². The van der Waals surface area contributed by atoms with Crippen molar-refractivity contribution >= 4 is 33.2 Å². The molecule has 1 N–H and O–H groups in total. The molecule has 0 unspecified atom stereocenters. The SMILES string of the molecule is c1ccc(Nc2ccc(-c3ccc4c(c3)c3ccccc3n4-c3cnc4c(c3)C(c3ccccc3)(c3ccccc3)c3ccccc3-4)cc2)cc1. The molecule has 0 bridgehead atoms. The van der Waals surface area contributed by atoms with Crippen LogP contribution in [-0.4, -0.2) is 9.55 Å². The Morgan fingerprint density at radius 3 is 1.78 bits per heavy atom. The maximum Gasteiger partial charge on any atom is 0.0754 e. The van der Waals surface area contributed by atoms with E-state index in [2.05, 4.69) is 186 Å².